The van der Waals surface area contributed by atoms with Crippen molar-refractivity contribution in [1.82, 2.24) is 0 Å². The zero-order valence-corrected chi connectivity index (χ0v) is 9.18. The van der Waals surface area contributed by atoms with Crippen LogP contribution in [0.25, 0.3) is 0 Å². The fraction of sp³-hybridized carbons (Fsp3) is 0. The summed E-state index contributed by atoms with van der Waals surface area (Å²) in [7, 11) is 1.30. The number of nitrogens with zero attached hydrogens (tertiary/aromatic N) is 1. The number of hydrogen-bond acceptors (Lipinski definition) is 1. The van der Waals surface area contributed by atoms with Crippen LogP contribution in [0.5, 0.6) is 0 Å². The van der Waals surface area contributed by atoms with E-state index in [1.54, 1.807) is 0 Å². The Balaban J connectivity index is 4.21. The zero-order chi connectivity index (χ0) is 13.3. The van der Waals surface area contributed by atoms with E-state index in [0.717, 1.165) is 0 Å². The topological polar surface area (TPSA) is 12.4 Å². The second-order valence-electron chi connectivity index (χ2n) is 2.05. The van der Waals surface area contributed by atoms with Crippen molar-refractivity contribution in [3.8, 4) is 95.8 Å². The summed E-state index contributed by atoms with van der Waals surface area (Å²) in [5.41, 5.74) is 0. The Hall–Kier alpha value is -3.66. The van der Waals surface area contributed by atoms with Gasteiger partial charge < -0.3 is 0 Å². The molecule has 18 heavy (non-hydrogen) atoms. The molecule has 0 aromatic carbocycles. The normalized spacial score (nSPS) is 4.56. The molecule has 0 rings (SSSR count). The average molecular weight is 219 g/mol. The molecule has 0 saturated carbocycles. The summed E-state index contributed by atoms with van der Waals surface area (Å²) in [6.45, 7) is 0. The second-order valence-corrected chi connectivity index (χ2v) is 2.05. The molecule has 0 aliphatic rings. The maximum atomic E-state index is 4.88. The number of hydrogen-bond donors (Lipinski definition) is 0. The molecule has 0 aromatic rings. The first kappa shape index (κ1) is 14.3. The monoisotopic (exact) mass is 219 g/mol. The van der Waals surface area contributed by atoms with Crippen molar-refractivity contribution < 1.29 is 0 Å². The standard InChI is InChI=1S/C16H2BN/c1-3-5-7-9-11-13-15-17-18-16-14-12-10-8-6-4-2/h1-2H. The van der Waals surface area contributed by atoms with Crippen molar-refractivity contribution in [1.29, 1.82) is 0 Å². The Morgan fingerprint density at radius 2 is 1.11 bits per heavy atom. The Kier molecular flexibility index (Phi) is 10.6. The molecule has 0 N–H and O–H groups in total. The van der Waals surface area contributed by atoms with Crippen molar-refractivity contribution in [3.05, 3.63) is 0 Å². The van der Waals surface area contributed by atoms with E-state index in [2.05, 4.69) is 87.8 Å². The van der Waals surface area contributed by atoms with Gasteiger partial charge in [0.2, 0.25) is 0 Å². The Bertz CT molecular complexity index is 706. The van der Waals surface area contributed by atoms with Crippen LogP contribution in [0.15, 0.2) is 4.90 Å². The number of terminal acetylenes is 2. The maximum absolute atomic E-state index is 4.88. The van der Waals surface area contributed by atoms with Crippen LogP contribution in [0, 0.1) is 95.8 Å². The van der Waals surface area contributed by atoms with Gasteiger partial charge in [-0.15, -0.1) is 0 Å². The molecule has 0 bridgehead atoms. The van der Waals surface area contributed by atoms with Crippen LogP contribution >= 0.6 is 0 Å². The third-order valence-corrected chi connectivity index (χ3v) is 0.966. The van der Waals surface area contributed by atoms with Crippen LogP contribution in [-0.4, -0.2) is 7.07 Å². The van der Waals surface area contributed by atoms with Gasteiger partial charge in [0.1, 0.15) is 0 Å². The number of rotatable bonds is 0. The van der Waals surface area contributed by atoms with Crippen LogP contribution in [0.2, 0.25) is 0 Å². The van der Waals surface area contributed by atoms with Gasteiger partial charge in [0.25, 0.3) is 0 Å². The van der Waals surface area contributed by atoms with Crippen molar-refractivity contribution in [2.45, 2.75) is 0 Å². The van der Waals surface area contributed by atoms with Crippen molar-refractivity contribution >= 4 is 7.07 Å². The summed E-state index contributed by atoms with van der Waals surface area (Å²) in [5, 5.41) is 0. The molecule has 0 saturated heterocycles. The average Bonchev–Trinajstić information content (AvgIpc) is 2.39. The molecule has 74 valence electrons. The van der Waals surface area contributed by atoms with Crippen molar-refractivity contribution in [3.63, 3.8) is 0 Å². The van der Waals surface area contributed by atoms with E-state index < -0.39 is 0 Å². The molecule has 0 radical (unpaired) electrons. The summed E-state index contributed by atoms with van der Waals surface area (Å²) in [6.07, 6.45) is 9.76. The Morgan fingerprint density at radius 3 is 1.72 bits per heavy atom. The third-order valence-electron chi connectivity index (χ3n) is 0.966. The first-order valence-electron chi connectivity index (χ1n) is 4.35. The zero-order valence-electron chi connectivity index (χ0n) is 9.18. The molecule has 0 atom stereocenters. The summed E-state index contributed by atoms with van der Waals surface area (Å²) in [6, 6.07) is 2.39. The molecule has 0 aromatic heterocycles. The van der Waals surface area contributed by atoms with Gasteiger partial charge in [-0.05, 0) is 0 Å². The van der Waals surface area contributed by atoms with Gasteiger partial charge in [-0.3, -0.25) is 0 Å². The minimum atomic E-state index is 1.30. The predicted molar refractivity (Wildman–Crippen MR) is 72.5 cm³/mol. The van der Waals surface area contributed by atoms with Crippen LogP contribution in [0.4, 0.5) is 0 Å². The van der Waals surface area contributed by atoms with Crippen LogP contribution < -0.4 is 0 Å². The first-order valence-corrected chi connectivity index (χ1v) is 4.35. The van der Waals surface area contributed by atoms with E-state index >= 15 is 0 Å². The first-order chi connectivity index (χ1) is 8.91. The molecular weight excluding hydrogens is 217 g/mol. The van der Waals surface area contributed by atoms with Gasteiger partial charge in [0.15, 0.2) is 0 Å². The molecule has 0 spiro atoms. The van der Waals surface area contributed by atoms with Crippen LogP contribution in [-0.2, 0) is 0 Å². The van der Waals surface area contributed by atoms with E-state index in [1.165, 1.54) is 7.07 Å². The fourth-order valence-electron chi connectivity index (χ4n) is 0.453. The SMILES string of the molecule is C#CC#CC#CC#CB=NC#CC#CC#CC#C. The predicted octanol–water partition coefficient (Wildman–Crippen LogP) is 0.0760. The summed E-state index contributed by atoms with van der Waals surface area (Å²) in [5.74, 6) is 30.9. The minimum absolute atomic E-state index is 1.30. The summed E-state index contributed by atoms with van der Waals surface area (Å²) in [4.78, 5) is 3.64. The molecule has 0 amide bonds. The molecule has 1 nitrogen and oxygen atoms in total. The fourth-order valence-corrected chi connectivity index (χ4v) is 0.453. The van der Waals surface area contributed by atoms with Gasteiger partial charge in [0.05, 0.1) is 0 Å². The summed E-state index contributed by atoms with van der Waals surface area (Å²) >= 11 is 0. The van der Waals surface area contributed by atoms with E-state index in [0.29, 0.717) is 0 Å². The van der Waals surface area contributed by atoms with E-state index in [1.807, 2.05) is 0 Å². The van der Waals surface area contributed by atoms with E-state index in [-0.39, 0.29) is 0 Å². The molecule has 0 unspecified atom stereocenters. The molecule has 0 heterocycles. The van der Waals surface area contributed by atoms with Crippen molar-refractivity contribution in [2.24, 2.45) is 4.90 Å². The second kappa shape index (κ2) is 13.3. The van der Waals surface area contributed by atoms with Gasteiger partial charge in [-0.25, -0.2) is 0 Å². The molecule has 0 fully saturated rings. The van der Waals surface area contributed by atoms with E-state index in [4.69, 9.17) is 12.8 Å². The molecular formula is C16H2BN. The van der Waals surface area contributed by atoms with Crippen LogP contribution in [0.1, 0.15) is 0 Å². The molecule has 2 heteroatoms. The quantitative estimate of drug-likeness (QED) is 0.404. The molecule has 0 aliphatic heterocycles. The third kappa shape index (κ3) is 12.3. The van der Waals surface area contributed by atoms with Gasteiger partial charge in [0, 0.05) is 0 Å². The summed E-state index contributed by atoms with van der Waals surface area (Å²) < 4.78 is 0. The Morgan fingerprint density at radius 1 is 0.611 bits per heavy atom. The van der Waals surface area contributed by atoms with Gasteiger partial charge >= 0.3 is 108 Å². The van der Waals surface area contributed by atoms with Gasteiger partial charge in [-0.1, -0.05) is 0 Å². The molecule has 0 aliphatic carbocycles. The van der Waals surface area contributed by atoms with E-state index in [9.17, 15) is 0 Å². The van der Waals surface area contributed by atoms with Gasteiger partial charge in [-0.2, -0.15) is 0 Å². The Labute approximate surface area is 108 Å². The van der Waals surface area contributed by atoms with Crippen LogP contribution in [0.3, 0.4) is 0 Å². The van der Waals surface area contributed by atoms with Crippen molar-refractivity contribution in [2.75, 3.05) is 0 Å².